The molecule has 1 saturated heterocycles. The molecule has 204 valence electrons. The van der Waals surface area contributed by atoms with Crippen LogP contribution in [-0.2, 0) is 21.9 Å². The largest absolute Gasteiger partial charge is 0.465 e. The van der Waals surface area contributed by atoms with Gasteiger partial charge in [-0.25, -0.2) is 0 Å². The lowest BCUT2D eigenvalue weighted by molar-refractivity contribution is -0.150. The number of amides is 1. The van der Waals surface area contributed by atoms with Crippen LogP contribution in [0.15, 0.2) is 18.2 Å². The second-order valence-corrected chi connectivity index (χ2v) is 9.32. The number of hydrogen-bond donors (Lipinski definition) is 0. The molecule has 1 aliphatic rings. The molecule has 1 heterocycles. The fourth-order valence-corrected chi connectivity index (χ4v) is 4.34. The average molecular weight is 524 g/mol. The maximum Gasteiger partial charge on any atom is 0.417 e. The number of nitrogens with zero attached hydrogens (tertiary/aromatic N) is 1. The summed E-state index contributed by atoms with van der Waals surface area (Å²) < 4.78 is 84.4. The predicted molar refractivity (Wildman–Crippen MR) is 123 cm³/mol. The molecule has 1 fully saturated rings. The summed E-state index contributed by atoms with van der Waals surface area (Å²) in [4.78, 5) is 26.1. The van der Waals surface area contributed by atoms with Crippen LogP contribution < -0.4 is 0 Å². The SMILES string of the molecule is CCCCCCCCCCCOC(=O)C1CCN(C(=O)c2cc(C(F)(F)F)ccc2C(F)(F)F)CC1. The fourth-order valence-electron chi connectivity index (χ4n) is 4.34. The molecular weight excluding hydrogens is 488 g/mol. The number of benzene rings is 1. The monoisotopic (exact) mass is 523 g/mol. The van der Waals surface area contributed by atoms with Gasteiger partial charge in [-0.1, -0.05) is 58.3 Å². The predicted octanol–water partition coefficient (Wildman–Crippen LogP) is 7.65. The van der Waals surface area contributed by atoms with E-state index in [0.717, 1.165) is 30.6 Å². The van der Waals surface area contributed by atoms with Crippen molar-refractivity contribution in [3.63, 3.8) is 0 Å². The van der Waals surface area contributed by atoms with Gasteiger partial charge >= 0.3 is 18.3 Å². The van der Waals surface area contributed by atoms with Crippen LogP contribution in [0.3, 0.4) is 0 Å². The van der Waals surface area contributed by atoms with Crippen LogP contribution in [0.25, 0.3) is 0 Å². The number of carbonyl (C=O) groups is 2. The zero-order valence-corrected chi connectivity index (χ0v) is 20.6. The normalized spacial score (nSPS) is 15.2. The van der Waals surface area contributed by atoms with Gasteiger partial charge in [0, 0.05) is 13.1 Å². The summed E-state index contributed by atoms with van der Waals surface area (Å²) >= 11 is 0. The highest BCUT2D eigenvalue weighted by molar-refractivity contribution is 5.96. The van der Waals surface area contributed by atoms with Gasteiger partial charge in [-0.2, -0.15) is 26.3 Å². The van der Waals surface area contributed by atoms with Gasteiger partial charge in [-0.05, 0) is 37.5 Å². The molecule has 0 bridgehead atoms. The molecule has 0 atom stereocenters. The smallest absolute Gasteiger partial charge is 0.417 e. The van der Waals surface area contributed by atoms with Crippen molar-refractivity contribution >= 4 is 11.9 Å². The zero-order valence-electron chi connectivity index (χ0n) is 20.6. The Morgan fingerprint density at radius 2 is 1.42 bits per heavy atom. The first-order valence-corrected chi connectivity index (χ1v) is 12.7. The van der Waals surface area contributed by atoms with Gasteiger partial charge in [0.2, 0.25) is 0 Å². The van der Waals surface area contributed by atoms with E-state index in [1.54, 1.807) is 0 Å². The molecule has 36 heavy (non-hydrogen) atoms. The van der Waals surface area contributed by atoms with Crippen molar-refractivity contribution in [2.24, 2.45) is 5.92 Å². The Morgan fingerprint density at radius 1 is 0.861 bits per heavy atom. The van der Waals surface area contributed by atoms with Crippen LogP contribution in [-0.4, -0.2) is 36.5 Å². The Kier molecular flexibility index (Phi) is 11.6. The first-order valence-electron chi connectivity index (χ1n) is 12.7. The molecule has 0 aromatic heterocycles. The molecule has 0 spiro atoms. The van der Waals surface area contributed by atoms with Crippen molar-refractivity contribution in [3.05, 3.63) is 34.9 Å². The Hall–Kier alpha value is -2.26. The van der Waals surface area contributed by atoms with Gasteiger partial charge in [-0.3, -0.25) is 9.59 Å². The van der Waals surface area contributed by atoms with E-state index in [0.29, 0.717) is 12.7 Å². The zero-order chi connectivity index (χ0) is 26.8. The Morgan fingerprint density at radius 3 is 1.94 bits per heavy atom. The summed E-state index contributed by atoms with van der Waals surface area (Å²) in [5, 5.41) is 0. The number of unbranched alkanes of at least 4 members (excludes halogenated alkanes) is 8. The van der Waals surface area contributed by atoms with Crippen molar-refractivity contribution < 1.29 is 40.7 Å². The average Bonchev–Trinajstić information content (AvgIpc) is 2.83. The highest BCUT2D eigenvalue weighted by Gasteiger charge is 2.40. The molecule has 2 rings (SSSR count). The number of esters is 1. The van der Waals surface area contributed by atoms with E-state index < -0.39 is 46.8 Å². The molecule has 0 N–H and O–H groups in total. The van der Waals surface area contributed by atoms with Gasteiger partial charge < -0.3 is 9.64 Å². The lowest BCUT2D eigenvalue weighted by atomic mass is 9.95. The van der Waals surface area contributed by atoms with E-state index in [1.165, 1.54) is 32.1 Å². The number of ether oxygens (including phenoxy) is 1. The molecule has 1 aliphatic heterocycles. The third-order valence-corrected chi connectivity index (χ3v) is 6.49. The summed E-state index contributed by atoms with van der Waals surface area (Å²) in [6.45, 7) is 2.40. The van der Waals surface area contributed by atoms with Crippen molar-refractivity contribution in [2.75, 3.05) is 19.7 Å². The minimum atomic E-state index is -4.98. The minimum absolute atomic E-state index is 0.0375. The Bertz CT molecular complexity index is 845. The fraction of sp³-hybridized carbons (Fsp3) is 0.692. The van der Waals surface area contributed by atoms with E-state index >= 15 is 0 Å². The molecule has 0 saturated carbocycles. The second kappa shape index (κ2) is 13.9. The van der Waals surface area contributed by atoms with E-state index in [-0.39, 0.29) is 38.1 Å². The van der Waals surface area contributed by atoms with Gasteiger partial charge in [0.1, 0.15) is 0 Å². The summed E-state index contributed by atoms with van der Waals surface area (Å²) in [6.07, 6.45) is 0.673. The molecule has 4 nitrogen and oxygen atoms in total. The molecule has 1 aromatic rings. The maximum absolute atomic E-state index is 13.3. The lowest BCUT2D eigenvalue weighted by Crippen LogP contribution is -2.41. The van der Waals surface area contributed by atoms with Gasteiger partial charge in [0.15, 0.2) is 0 Å². The van der Waals surface area contributed by atoms with Crippen LogP contribution in [0, 0.1) is 5.92 Å². The molecular formula is C26H35F6NO3. The van der Waals surface area contributed by atoms with E-state index in [4.69, 9.17) is 4.74 Å². The summed E-state index contributed by atoms with van der Waals surface area (Å²) in [7, 11) is 0. The Labute approximate surface area is 208 Å². The summed E-state index contributed by atoms with van der Waals surface area (Å²) in [5.41, 5.74) is -3.78. The molecule has 0 radical (unpaired) electrons. The lowest BCUT2D eigenvalue weighted by Gasteiger charge is -2.31. The number of halogens is 6. The third kappa shape index (κ3) is 9.32. The van der Waals surface area contributed by atoms with Gasteiger partial charge in [0.05, 0.1) is 29.2 Å². The second-order valence-electron chi connectivity index (χ2n) is 9.32. The number of hydrogen-bond acceptors (Lipinski definition) is 3. The summed E-state index contributed by atoms with van der Waals surface area (Å²) in [6, 6.07) is 0.846. The molecule has 1 amide bonds. The van der Waals surface area contributed by atoms with E-state index in [2.05, 4.69) is 6.92 Å². The quantitative estimate of drug-likeness (QED) is 0.161. The standard InChI is InChI=1S/C26H35F6NO3/c1-2-3-4-5-6-7-8-9-10-17-36-24(35)19-13-15-33(16-14-19)23(34)21-18-20(25(27,28)29)11-12-22(21)26(30,31)32/h11-12,18-19H,2-10,13-17H2,1H3. The van der Waals surface area contributed by atoms with Gasteiger partial charge in [0.25, 0.3) is 5.91 Å². The first-order chi connectivity index (χ1) is 16.9. The molecule has 0 unspecified atom stereocenters. The topological polar surface area (TPSA) is 46.6 Å². The molecule has 0 aliphatic carbocycles. The first kappa shape index (κ1) is 30.0. The number of carbonyl (C=O) groups excluding carboxylic acids is 2. The number of piperidine rings is 1. The van der Waals surface area contributed by atoms with Gasteiger partial charge in [-0.15, -0.1) is 0 Å². The molecule has 10 heteroatoms. The Balaban J connectivity index is 1.80. The number of likely N-dealkylation sites (tertiary alicyclic amines) is 1. The van der Waals surface area contributed by atoms with Crippen LogP contribution >= 0.6 is 0 Å². The van der Waals surface area contributed by atoms with Crippen molar-refractivity contribution in [1.82, 2.24) is 4.90 Å². The van der Waals surface area contributed by atoms with E-state index in [9.17, 15) is 35.9 Å². The van der Waals surface area contributed by atoms with Crippen LogP contribution in [0.4, 0.5) is 26.3 Å². The van der Waals surface area contributed by atoms with E-state index in [1.807, 2.05) is 0 Å². The third-order valence-electron chi connectivity index (χ3n) is 6.49. The highest BCUT2D eigenvalue weighted by atomic mass is 19.4. The van der Waals surface area contributed by atoms with Crippen LogP contribution in [0.1, 0.15) is 99.0 Å². The minimum Gasteiger partial charge on any atom is -0.465 e. The number of alkyl halides is 6. The number of rotatable bonds is 12. The van der Waals surface area contributed by atoms with Crippen molar-refractivity contribution in [2.45, 2.75) is 89.9 Å². The van der Waals surface area contributed by atoms with Crippen LogP contribution in [0.5, 0.6) is 0 Å². The van der Waals surface area contributed by atoms with Crippen LogP contribution in [0.2, 0.25) is 0 Å². The summed E-state index contributed by atoms with van der Waals surface area (Å²) in [5.74, 6) is -2.03. The maximum atomic E-state index is 13.3. The van der Waals surface area contributed by atoms with Crippen molar-refractivity contribution in [3.8, 4) is 0 Å². The molecule has 1 aromatic carbocycles. The highest BCUT2D eigenvalue weighted by Crippen LogP contribution is 2.37. The van der Waals surface area contributed by atoms with Crippen molar-refractivity contribution in [1.29, 1.82) is 0 Å².